The van der Waals surface area contributed by atoms with Crippen molar-refractivity contribution >= 4 is 49.9 Å². The molecule has 0 saturated heterocycles. The number of amides is 1. The summed E-state index contributed by atoms with van der Waals surface area (Å²) >= 11 is 0. The van der Waals surface area contributed by atoms with E-state index in [2.05, 4.69) is 55.3 Å². The van der Waals surface area contributed by atoms with Crippen LogP contribution in [-0.2, 0) is 22.0 Å². The van der Waals surface area contributed by atoms with E-state index < -0.39 is 10.1 Å². The molecule has 0 radical (unpaired) electrons. The van der Waals surface area contributed by atoms with E-state index in [9.17, 15) is 13.2 Å². The van der Waals surface area contributed by atoms with Crippen LogP contribution in [0.3, 0.4) is 0 Å². The lowest BCUT2D eigenvalue weighted by Gasteiger charge is -2.19. The van der Waals surface area contributed by atoms with Crippen molar-refractivity contribution in [3.05, 3.63) is 67.5 Å². The molecule has 0 unspecified atom stereocenters. The molecule has 0 atom stereocenters. The van der Waals surface area contributed by atoms with Gasteiger partial charge in [0.2, 0.25) is 11.9 Å². The number of benzene rings is 2. The molecule has 0 aliphatic rings. The number of hydrogen-bond donors (Lipinski definition) is 4. The van der Waals surface area contributed by atoms with Crippen LogP contribution >= 0.6 is 0 Å². The highest BCUT2D eigenvalue weighted by molar-refractivity contribution is 7.85. The van der Waals surface area contributed by atoms with Crippen molar-refractivity contribution in [2.24, 2.45) is 7.05 Å². The molecule has 2 aromatic carbocycles. The first-order chi connectivity index (χ1) is 19.4. The SMILES string of the molecule is C=CC(=O)Nc1cc(Nc2nccc(-c3cn(C)c4ccccc34)n2)c(OC)cc1NCCN(C)C.CS(=O)(=O)O. The molecule has 0 spiro atoms. The summed E-state index contributed by atoms with van der Waals surface area (Å²) in [6.45, 7) is 5.07. The summed E-state index contributed by atoms with van der Waals surface area (Å²) in [4.78, 5) is 23.3. The normalized spacial score (nSPS) is 11.0. The lowest BCUT2D eigenvalue weighted by atomic mass is 10.1. The average molecular weight is 582 g/mol. The van der Waals surface area contributed by atoms with E-state index in [4.69, 9.17) is 14.3 Å². The number of hydrogen-bond acceptors (Lipinski definition) is 9. The van der Waals surface area contributed by atoms with Gasteiger partial charge in [-0.2, -0.15) is 8.42 Å². The lowest BCUT2D eigenvalue weighted by Crippen LogP contribution is -2.21. The number of nitrogens with zero attached hydrogens (tertiary/aromatic N) is 4. The predicted octanol–water partition coefficient (Wildman–Crippen LogP) is 3.99. The number of aromatic nitrogens is 3. The van der Waals surface area contributed by atoms with Gasteiger partial charge < -0.3 is 30.2 Å². The molecule has 2 aromatic heterocycles. The molecule has 1 amide bonds. The van der Waals surface area contributed by atoms with Gasteiger partial charge in [-0.25, -0.2) is 9.97 Å². The van der Waals surface area contributed by atoms with Crippen LogP contribution in [0, 0.1) is 0 Å². The number of nitrogens with one attached hydrogen (secondary N) is 3. The third-order valence-electron chi connectivity index (χ3n) is 5.73. The monoisotopic (exact) mass is 581 g/mol. The van der Waals surface area contributed by atoms with Crippen LogP contribution in [0.5, 0.6) is 5.75 Å². The molecule has 0 aliphatic carbocycles. The van der Waals surface area contributed by atoms with Gasteiger partial charge in [-0.15, -0.1) is 0 Å². The van der Waals surface area contributed by atoms with E-state index in [1.54, 1.807) is 19.4 Å². The largest absolute Gasteiger partial charge is 0.494 e. The number of ether oxygens (including phenoxy) is 1. The Morgan fingerprint density at radius 2 is 1.88 bits per heavy atom. The van der Waals surface area contributed by atoms with Crippen molar-refractivity contribution in [1.29, 1.82) is 0 Å². The lowest BCUT2D eigenvalue weighted by molar-refractivity contribution is -0.111. The van der Waals surface area contributed by atoms with Gasteiger partial charge in [0.05, 0.1) is 36.1 Å². The molecule has 0 aliphatic heterocycles. The molecule has 0 saturated carbocycles. The van der Waals surface area contributed by atoms with Crippen LogP contribution in [0.2, 0.25) is 0 Å². The maximum Gasteiger partial charge on any atom is 0.261 e. The summed E-state index contributed by atoms with van der Waals surface area (Å²) in [6, 6.07) is 13.7. The molecule has 4 aromatic rings. The van der Waals surface area contributed by atoms with Gasteiger partial charge in [-0.1, -0.05) is 24.8 Å². The predicted molar refractivity (Wildman–Crippen MR) is 164 cm³/mol. The molecule has 13 heteroatoms. The summed E-state index contributed by atoms with van der Waals surface area (Å²) in [6.07, 6.45) is 5.73. The number of carbonyl (C=O) groups is 1. The maximum absolute atomic E-state index is 12.1. The minimum Gasteiger partial charge on any atom is -0.494 e. The number of likely N-dealkylation sites (N-methyl/N-ethyl adjacent to an activating group) is 1. The minimum atomic E-state index is -3.67. The molecule has 0 fully saturated rings. The molecule has 2 heterocycles. The van der Waals surface area contributed by atoms with Gasteiger partial charge >= 0.3 is 0 Å². The van der Waals surface area contributed by atoms with Crippen molar-refractivity contribution in [1.82, 2.24) is 19.4 Å². The second-order valence-electron chi connectivity index (χ2n) is 9.32. The van der Waals surface area contributed by atoms with Gasteiger partial charge in [0, 0.05) is 55.1 Å². The number of methoxy groups -OCH3 is 1. The van der Waals surface area contributed by atoms with Crippen molar-refractivity contribution in [2.45, 2.75) is 0 Å². The summed E-state index contributed by atoms with van der Waals surface area (Å²) in [5.41, 5.74) is 4.88. The van der Waals surface area contributed by atoms with Crippen molar-refractivity contribution in [2.75, 3.05) is 56.5 Å². The quantitative estimate of drug-likeness (QED) is 0.160. The van der Waals surface area contributed by atoms with Crippen LogP contribution < -0.4 is 20.7 Å². The molecular formula is C28H35N7O5S. The Kier molecular flexibility index (Phi) is 10.4. The van der Waals surface area contributed by atoms with Crippen molar-refractivity contribution in [3.63, 3.8) is 0 Å². The molecule has 218 valence electrons. The summed E-state index contributed by atoms with van der Waals surface area (Å²) in [5.74, 6) is 0.683. The molecular weight excluding hydrogens is 546 g/mol. The molecule has 4 rings (SSSR count). The molecule has 4 N–H and O–H groups in total. The van der Waals surface area contributed by atoms with E-state index in [0.717, 1.165) is 34.4 Å². The molecule has 0 bridgehead atoms. The zero-order valence-electron chi connectivity index (χ0n) is 23.7. The summed E-state index contributed by atoms with van der Waals surface area (Å²) in [5, 5.41) is 10.6. The highest BCUT2D eigenvalue weighted by Gasteiger charge is 2.15. The Hall–Kier alpha value is -4.46. The van der Waals surface area contributed by atoms with Gasteiger partial charge in [-0.3, -0.25) is 9.35 Å². The zero-order chi connectivity index (χ0) is 30.2. The fraction of sp³-hybridized carbons (Fsp3) is 0.250. The maximum atomic E-state index is 12.1. The Morgan fingerprint density at radius 3 is 2.54 bits per heavy atom. The van der Waals surface area contributed by atoms with Crippen molar-refractivity contribution in [3.8, 4) is 17.0 Å². The van der Waals surface area contributed by atoms with Crippen molar-refractivity contribution < 1.29 is 22.5 Å². The Balaban J connectivity index is 0.000000850. The number of carbonyl (C=O) groups excluding carboxylic acids is 1. The summed E-state index contributed by atoms with van der Waals surface area (Å²) < 4.78 is 33.6. The Labute approximate surface area is 239 Å². The van der Waals surface area contributed by atoms with E-state index in [0.29, 0.717) is 35.9 Å². The van der Waals surface area contributed by atoms with Crippen LogP contribution in [0.25, 0.3) is 22.2 Å². The highest BCUT2D eigenvalue weighted by Crippen LogP contribution is 2.37. The van der Waals surface area contributed by atoms with E-state index in [1.165, 1.54) is 6.08 Å². The van der Waals surface area contributed by atoms with Crippen LogP contribution in [0.4, 0.5) is 23.0 Å². The number of anilines is 4. The van der Waals surface area contributed by atoms with Gasteiger partial charge in [0.15, 0.2) is 0 Å². The van der Waals surface area contributed by atoms with Crippen LogP contribution in [0.15, 0.2) is 67.5 Å². The minimum absolute atomic E-state index is 0.309. The van der Waals surface area contributed by atoms with E-state index >= 15 is 0 Å². The zero-order valence-corrected chi connectivity index (χ0v) is 24.5. The third kappa shape index (κ3) is 9.03. The Morgan fingerprint density at radius 1 is 1.17 bits per heavy atom. The fourth-order valence-electron chi connectivity index (χ4n) is 3.93. The van der Waals surface area contributed by atoms with E-state index in [1.807, 2.05) is 45.4 Å². The highest BCUT2D eigenvalue weighted by atomic mass is 32.2. The number of rotatable bonds is 10. The third-order valence-corrected chi connectivity index (χ3v) is 5.73. The second-order valence-corrected chi connectivity index (χ2v) is 10.8. The first kappa shape index (κ1) is 31.1. The number of fused-ring (bicyclic) bond motifs is 1. The molecule has 41 heavy (non-hydrogen) atoms. The topological polar surface area (TPSA) is 151 Å². The smallest absolute Gasteiger partial charge is 0.261 e. The second kappa shape index (κ2) is 13.7. The van der Waals surface area contributed by atoms with Gasteiger partial charge in [-0.05, 0) is 38.4 Å². The van der Waals surface area contributed by atoms with Crippen LogP contribution in [-0.4, -0.2) is 78.9 Å². The average Bonchev–Trinajstić information content (AvgIpc) is 3.25. The van der Waals surface area contributed by atoms with Crippen LogP contribution in [0.1, 0.15) is 0 Å². The standard InChI is InChI=1S/C27H31N7O2.CH4O3S/c1-6-26(35)30-22-15-23(25(36-5)16-21(22)28-13-14-33(2)3)32-27-29-12-11-20(31-27)19-17-34(4)24-10-8-7-9-18(19)24;1-5(2,3)4/h6-12,15-17,28H,1,13-14H2,2-5H3,(H,30,35)(H,29,31,32);1H3,(H,2,3,4). The number of aryl methyl sites for hydroxylation is 1. The van der Waals surface area contributed by atoms with Gasteiger partial charge in [0.25, 0.3) is 10.1 Å². The number of para-hydroxylation sites is 1. The fourth-order valence-corrected chi connectivity index (χ4v) is 3.93. The molecule has 12 nitrogen and oxygen atoms in total. The summed E-state index contributed by atoms with van der Waals surface area (Å²) in [7, 11) is 3.95. The Bertz CT molecular complexity index is 1630. The van der Waals surface area contributed by atoms with E-state index in [-0.39, 0.29) is 5.91 Å². The first-order valence-electron chi connectivity index (χ1n) is 12.5. The van der Waals surface area contributed by atoms with Gasteiger partial charge in [0.1, 0.15) is 5.75 Å². The first-order valence-corrected chi connectivity index (χ1v) is 14.4.